The molecule has 0 aliphatic rings. The molecule has 0 bridgehead atoms. The summed E-state index contributed by atoms with van der Waals surface area (Å²) >= 11 is 0. The molecule has 0 fully saturated rings. The number of hydrogen-bond donors (Lipinski definition) is 0. The molecule has 0 unspecified atom stereocenters. The number of imidazole rings is 3. The van der Waals surface area contributed by atoms with Gasteiger partial charge in [-0.25, -0.2) is 9.97 Å². The van der Waals surface area contributed by atoms with Crippen molar-refractivity contribution in [1.29, 1.82) is 0 Å². The molecule has 4 heterocycles. The topological polar surface area (TPSA) is 71.3 Å². The summed E-state index contributed by atoms with van der Waals surface area (Å²) in [4.78, 5) is 17.7. The van der Waals surface area contributed by atoms with E-state index in [2.05, 4.69) is 34.9 Å². The largest absolute Gasteiger partial charge is 2.00 e. The summed E-state index contributed by atoms with van der Waals surface area (Å²) in [7, 11) is 1.98. The van der Waals surface area contributed by atoms with Crippen molar-refractivity contribution in [2.75, 3.05) is 0 Å². The molecule has 7 nitrogen and oxygen atoms in total. The Bertz CT molecular complexity index is 1320. The maximum absolute atomic E-state index is 6.06. The van der Waals surface area contributed by atoms with Gasteiger partial charge < -0.3 is 23.7 Å². The van der Waals surface area contributed by atoms with Crippen LogP contribution >= 0.6 is 0 Å². The van der Waals surface area contributed by atoms with E-state index in [0.29, 0.717) is 17.5 Å². The van der Waals surface area contributed by atoms with Crippen LogP contribution in [-0.2, 0) is 33.5 Å². The number of aromatic nitrogens is 6. The standard InChI is InChI=1S/C23H20N6O.Pt/c1-23(2,22-27-18(14-28(22)3)20-24-10-11-25-20)16-7-6-8-17(13-16)30-21-19-9-4-5-12-29(19)15-26-21;/h4-12,14-15H,1-3H3;/q-2;+2. The van der Waals surface area contributed by atoms with Crippen molar-refractivity contribution in [2.45, 2.75) is 19.3 Å². The summed E-state index contributed by atoms with van der Waals surface area (Å²) in [5.41, 5.74) is 2.21. The van der Waals surface area contributed by atoms with Gasteiger partial charge in [0.25, 0.3) is 0 Å². The molecule has 0 saturated heterocycles. The zero-order chi connectivity index (χ0) is 20.7. The summed E-state index contributed by atoms with van der Waals surface area (Å²) in [6, 6.07) is 15.2. The molecule has 0 atom stereocenters. The summed E-state index contributed by atoms with van der Waals surface area (Å²) in [6.45, 7) is 4.24. The first-order valence-electron chi connectivity index (χ1n) is 9.62. The monoisotopic (exact) mass is 591 g/mol. The second-order valence-electron chi connectivity index (χ2n) is 7.64. The number of rotatable bonds is 5. The van der Waals surface area contributed by atoms with Crippen LogP contribution in [-0.4, -0.2) is 23.9 Å². The summed E-state index contributed by atoms with van der Waals surface area (Å²) in [5.74, 6) is 2.68. The molecule has 1 aromatic carbocycles. The van der Waals surface area contributed by atoms with E-state index in [0.717, 1.165) is 22.6 Å². The SMILES string of the molecule is Cn1cc(-c2ncc[n-]2)nc1C(C)(C)c1[c-]c(Oc2ncn3ccccc23)ccc1.[Pt+2]. The van der Waals surface area contributed by atoms with Crippen LogP contribution in [0.2, 0.25) is 0 Å². The van der Waals surface area contributed by atoms with E-state index >= 15 is 0 Å². The number of fused-ring (bicyclic) bond motifs is 1. The molecule has 158 valence electrons. The predicted molar refractivity (Wildman–Crippen MR) is 112 cm³/mol. The van der Waals surface area contributed by atoms with Crippen LogP contribution in [0.15, 0.2) is 67.5 Å². The van der Waals surface area contributed by atoms with E-state index in [-0.39, 0.29) is 21.1 Å². The Morgan fingerprint density at radius 1 is 1.10 bits per heavy atom. The molecule has 5 rings (SSSR count). The Balaban J connectivity index is 0.00000231. The van der Waals surface area contributed by atoms with Gasteiger partial charge in [-0.05, 0) is 18.0 Å². The molecule has 0 amide bonds. The Labute approximate surface area is 194 Å². The molecule has 4 aromatic heterocycles. The van der Waals surface area contributed by atoms with Gasteiger partial charge in [0.05, 0.1) is 5.69 Å². The van der Waals surface area contributed by atoms with Gasteiger partial charge in [-0.2, -0.15) is 12.1 Å². The third-order valence-electron chi connectivity index (χ3n) is 5.18. The van der Waals surface area contributed by atoms with Gasteiger partial charge in [0.15, 0.2) is 0 Å². The van der Waals surface area contributed by atoms with Crippen molar-refractivity contribution in [3.8, 4) is 23.1 Å². The number of hydrogen-bond acceptors (Lipinski definition) is 4. The van der Waals surface area contributed by atoms with Crippen LogP contribution in [0.25, 0.3) is 17.0 Å². The van der Waals surface area contributed by atoms with E-state index in [1.54, 1.807) is 18.7 Å². The van der Waals surface area contributed by atoms with Gasteiger partial charge in [-0.3, -0.25) is 0 Å². The summed E-state index contributed by atoms with van der Waals surface area (Å²) in [5, 5.41) is 0. The minimum absolute atomic E-state index is 0. The Morgan fingerprint density at radius 2 is 1.97 bits per heavy atom. The van der Waals surface area contributed by atoms with Gasteiger partial charge in [0, 0.05) is 30.6 Å². The van der Waals surface area contributed by atoms with Crippen LogP contribution in [0.3, 0.4) is 0 Å². The number of benzene rings is 1. The molecule has 0 radical (unpaired) electrons. The second kappa shape index (κ2) is 8.16. The maximum atomic E-state index is 6.06. The minimum atomic E-state index is -0.408. The number of nitrogens with zero attached hydrogens (tertiary/aromatic N) is 6. The fourth-order valence-corrected chi connectivity index (χ4v) is 3.62. The molecule has 8 heteroatoms. The van der Waals surface area contributed by atoms with Crippen LogP contribution in [0.5, 0.6) is 11.6 Å². The predicted octanol–water partition coefficient (Wildman–Crippen LogP) is 4.00. The molecule has 5 aromatic rings. The van der Waals surface area contributed by atoms with Crippen LogP contribution in [0.1, 0.15) is 25.2 Å². The van der Waals surface area contributed by atoms with E-state index in [1.165, 1.54) is 0 Å². The first-order valence-corrected chi connectivity index (χ1v) is 9.62. The molecular weight excluding hydrogens is 571 g/mol. The summed E-state index contributed by atoms with van der Waals surface area (Å²) < 4.78 is 9.99. The third-order valence-corrected chi connectivity index (χ3v) is 5.18. The van der Waals surface area contributed by atoms with Crippen molar-refractivity contribution < 1.29 is 25.8 Å². The van der Waals surface area contributed by atoms with E-state index in [1.807, 2.05) is 64.8 Å². The molecule has 0 N–H and O–H groups in total. The molecular formula is C23H20N6OPt. The normalized spacial score (nSPS) is 11.5. The summed E-state index contributed by atoms with van der Waals surface area (Å²) in [6.07, 6.45) is 8.96. The van der Waals surface area contributed by atoms with Gasteiger partial charge in [0.1, 0.15) is 17.7 Å². The molecule has 0 saturated carbocycles. The van der Waals surface area contributed by atoms with Crippen LogP contribution in [0, 0.1) is 6.07 Å². The average molecular weight is 592 g/mol. The van der Waals surface area contributed by atoms with E-state index < -0.39 is 5.41 Å². The Morgan fingerprint density at radius 3 is 2.77 bits per heavy atom. The Kier molecular flexibility index (Phi) is 5.54. The molecule has 0 aliphatic carbocycles. The zero-order valence-electron chi connectivity index (χ0n) is 17.3. The second-order valence-corrected chi connectivity index (χ2v) is 7.64. The van der Waals surface area contributed by atoms with Crippen LogP contribution in [0.4, 0.5) is 0 Å². The maximum Gasteiger partial charge on any atom is 2.00 e. The van der Waals surface area contributed by atoms with Gasteiger partial charge >= 0.3 is 21.1 Å². The Hall–Kier alpha value is -3.18. The average Bonchev–Trinajstić information content (AvgIpc) is 3.49. The molecule has 0 aliphatic heterocycles. The van der Waals surface area contributed by atoms with Gasteiger partial charge in [-0.1, -0.05) is 32.3 Å². The molecule has 31 heavy (non-hydrogen) atoms. The van der Waals surface area contributed by atoms with Gasteiger partial charge in [0.2, 0.25) is 5.88 Å². The quantitative estimate of drug-likeness (QED) is 0.289. The minimum Gasteiger partial charge on any atom is -0.464 e. The number of aryl methyl sites for hydroxylation is 1. The van der Waals surface area contributed by atoms with E-state index in [9.17, 15) is 0 Å². The first-order chi connectivity index (χ1) is 14.5. The van der Waals surface area contributed by atoms with Crippen molar-refractivity contribution in [1.82, 2.24) is 28.9 Å². The number of ether oxygens (including phenoxy) is 1. The smallest absolute Gasteiger partial charge is 0.464 e. The third kappa shape index (κ3) is 3.81. The first kappa shape index (κ1) is 21.1. The van der Waals surface area contributed by atoms with Crippen molar-refractivity contribution >= 4 is 5.52 Å². The zero-order valence-corrected chi connectivity index (χ0v) is 19.5. The van der Waals surface area contributed by atoms with Gasteiger partial charge in [-0.15, -0.1) is 17.7 Å². The van der Waals surface area contributed by atoms with Crippen molar-refractivity contribution in [3.63, 3.8) is 0 Å². The molecule has 0 spiro atoms. The van der Waals surface area contributed by atoms with Crippen molar-refractivity contribution in [2.24, 2.45) is 7.05 Å². The number of pyridine rings is 1. The fourth-order valence-electron chi connectivity index (χ4n) is 3.62. The van der Waals surface area contributed by atoms with Crippen molar-refractivity contribution in [3.05, 3.63) is 85.0 Å². The van der Waals surface area contributed by atoms with Crippen LogP contribution < -0.4 is 9.72 Å². The fraction of sp³-hybridized carbons (Fsp3) is 0.174. The van der Waals surface area contributed by atoms with E-state index in [4.69, 9.17) is 9.72 Å².